The number of aromatic nitrogens is 2. The number of nitrogens with zero attached hydrogens (tertiary/aromatic N) is 3. The number of urea groups is 1. The molecule has 1 atom stereocenters. The van der Waals surface area contributed by atoms with Crippen LogP contribution in [0.5, 0.6) is 0 Å². The molecule has 2 heterocycles. The topological polar surface area (TPSA) is 79.3 Å². The van der Waals surface area contributed by atoms with Crippen LogP contribution >= 0.6 is 0 Å². The number of carbonyl (C=O) groups is 2. The highest BCUT2D eigenvalue weighted by Crippen LogP contribution is 2.21. The Morgan fingerprint density at radius 2 is 1.92 bits per heavy atom. The van der Waals surface area contributed by atoms with Crippen molar-refractivity contribution in [3.05, 3.63) is 17.5 Å². The Morgan fingerprint density at radius 1 is 1.29 bits per heavy atom. The molecule has 1 aromatic rings. The molecule has 0 saturated carbocycles. The van der Waals surface area contributed by atoms with Crippen LogP contribution in [-0.2, 0) is 10.3 Å². The van der Waals surface area contributed by atoms with E-state index in [1.807, 2.05) is 24.7 Å². The molecule has 0 unspecified atom stereocenters. The summed E-state index contributed by atoms with van der Waals surface area (Å²) in [6, 6.07) is -0.513. The van der Waals surface area contributed by atoms with Crippen molar-refractivity contribution in [3.8, 4) is 0 Å². The lowest BCUT2D eigenvalue weighted by atomic mass is 10.1. The van der Waals surface area contributed by atoms with Gasteiger partial charge in [-0.05, 0) is 47.5 Å². The minimum atomic E-state index is -0.335. The van der Waals surface area contributed by atoms with Crippen molar-refractivity contribution in [2.24, 2.45) is 0 Å². The summed E-state index contributed by atoms with van der Waals surface area (Å²) in [7, 11) is 0. The van der Waals surface area contributed by atoms with E-state index in [9.17, 15) is 9.59 Å². The van der Waals surface area contributed by atoms with Crippen molar-refractivity contribution in [1.29, 1.82) is 0 Å². The average molecular weight is 335 g/mol. The first kappa shape index (κ1) is 18.3. The van der Waals surface area contributed by atoms with Crippen LogP contribution in [0.15, 0.2) is 6.20 Å². The molecule has 1 aliphatic rings. The zero-order valence-corrected chi connectivity index (χ0v) is 15.3. The minimum Gasteiger partial charge on any atom is -0.341 e. The van der Waals surface area contributed by atoms with Crippen LogP contribution < -0.4 is 10.6 Å². The number of hydrogen-bond acceptors (Lipinski definition) is 3. The second-order valence-electron chi connectivity index (χ2n) is 7.42. The predicted molar refractivity (Wildman–Crippen MR) is 92.7 cm³/mol. The van der Waals surface area contributed by atoms with Gasteiger partial charge in [0, 0.05) is 24.8 Å². The number of carbonyl (C=O) groups excluding carboxylic acids is 2. The Kier molecular flexibility index (Phi) is 5.51. The molecule has 7 nitrogen and oxygen atoms in total. The molecule has 1 aromatic heterocycles. The summed E-state index contributed by atoms with van der Waals surface area (Å²) in [6.07, 6.45) is 4.06. The van der Waals surface area contributed by atoms with Gasteiger partial charge in [-0.1, -0.05) is 0 Å². The summed E-state index contributed by atoms with van der Waals surface area (Å²) >= 11 is 0. The summed E-state index contributed by atoms with van der Waals surface area (Å²) in [6.45, 7) is 11.7. The van der Waals surface area contributed by atoms with Crippen LogP contribution in [0, 0.1) is 6.92 Å². The maximum atomic E-state index is 12.0. The number of aryl methyl sites for hydroxylation is 1. The molecule has 3 amide bonds. The fourth-order valence-corrected chi connectivity index (χ4v) is 2.80. The molecular weight excluding hydrogens is 306 g/mol. The van der Waals surface area contributed by atoms with Gasteiger partial charge in [0.25, 0.3) is 0 Å². The van der Waals surface area contributed by atoms with Gasteiger partial charge in [-0.2, -0.15) is 5.10 Å². The van der Waals surface area contributed by atoms with Crippen molar-refractivity contribution >= 4 is 11.9 Å². The minimum absolute atomic E-state index is 0.0213. The molecule has 0 aromatic carbocycles. The highest BCUT2D eigenvalue weighted by molar-refractivity contribution is 5.84. The zero-order chi connectivity index (χ0) is 17.9. The van der Waals surface area contributed by atoms with Gasteiger partial charge in [0.05, 0.1) is 23.8 Å². The van der Waals surface area contributed by atoms with Crippen molar-refractivity contribution in [2.45, 2.75) is 59.0 Å². The van der Waals surface area contributed by atoms with Crippen LogP contribution in [0.4, 0.5) is 4.79 Å². The number of amides is 3. The third-order valence-corrected chi connectivity index (χ3v) is 4.30. The van der Waals surface area contributed by atoms with E-state index < -0.39 is 0 Å². The SMILES string of the molecule is Cc1nn(C(C)(C)C)cc1[C@H](C)NC(=O)NCC(=O)N1CCCC1. The Labute approximate surface area is 143 Å². The van der Waals surface area contributed by atoms with Crippen LogP contribution in [0.1, 0.15) is 57.8 Å². The van der Waals surface area contributed by atoms with Crippen molar-refractivity contribution in [1.82, 2.24) is 25.3 Å². The van der Waals surface area contributed by atoms with E-state index in [-0.39, 0.29) is 30.1 Å². The number of nitrogens with one attached hydrogen (secondary N) is 2. The van der Waals surface area contributed by atoms with Gasteiger partial charge in [-0.15, -0.1) is 0 Å². The summed E-state index contributed by atoms with van der Waals surface area (Å²) in [5.41, 5.74) is 1.77. The molecule has 0 aliphatic carbocycles. The van der Waals surface area contributed by atoms with E-state index >= 15 is 0 Å². The molecule has 134 valence electrons. The lowest BCUT2D eigenvalue weighted by Crippen LogP contribution is -2.43. The predicted octanol–water partition coefficient (Wildman–Crippen LogP) is 1.93. The van der Waals surface area contributed by atoms with E-state index in [0.29, 0.717) is 0 Å². The highest BCUT2D eigenvalue weighted by atomic mass is 16.2. The number of hydrogen-bond donors (Lipinski definition) is 2. The first-order valence-corrected chi connectivity index (χ1v) is 8.57. The van der Waals surface area contributed by atoms with Crippen molar-refractivity contribution < 1.29 is 9.59 Å². The third kappa shape index (κ3) is 4.49. The summed E-state index contributed by atoms with van der Waals surface area (Å²) in [4.78, 5) is 25.8. The highest BCUT2D eigenvalue weighted by Gasteiger charge is 2.21. The zero-order valence-electron chi connectivity index (χ0n) is 15.3. The first-order valence-electron chi connectivity index (χ1n) is 8.57. The second-order valence-corrected chi connectivity index (χ2v) is 7.42. The molecule has 2 rings (SSSR count). The van der Waals surface area contributed by atoms with E-state index in [2.05, 4.69) is 36.5 Å². The molecule has 2 N–H and O–H groups in total. The van der Waals surface area contributed by atoms with Gasteiger partial charge in [-0.25, -0.2) is 4.79 Å². The second kappa shape index (κ2) is 7.23. The van der Waals surface area contributed by atoms with Crippen LogP contribution in [0.25, 0.3) is 0 Å². The number of rotatable bonds is 4. The lowest BCUT2D eigenvalue weighted by Gasteiger charge is -2.19. The van der Waals surface area contributed by atoms with Gasteiger partial charge in [0.15, 0.2) is 0 Å². The Morgan fingerprint density at radius 3 is 2.46 bits per heavy atom. The Hall–Kier alpha value is -2.05. The van der Waals surface area contributed by atoms with Gasteiger partial charge >= 0.3 is 6.03 Å². The average Bonchev–Trinajstić information content (AvgIpc) is 3.13. The van der Waals surface area contributed by atoms with E-state index in [0.717, 1.165) is 37.2 Å². The normalized spacial score (nSPS) is 16.1. The van der Waals surface area contributed by atoms with Gasteiger partial charge in [-0.3, -0.25) is 9.48 Å². The van der Waals surface area contributed by atoms with Crippen molar-refractivity contribution in [2.75, 3.05) is 19.6 Å². The molecule has 7 heteroatoms. The summed E-state index contributed by atoms with van der Waals surface area (Å²) in [5, 5.41) is 10.0. The molecule has 1 aliphatic heterocycles. The maximum Gasteiger partial charge on any atom is 0.315 e. The smallest absolute Gasteiger partial charge is 0.315 e. The summed E-state index contributed by atoms with van der Waals surface area (Å²) in [5.74, 6) is -0.0213. The van der Waals surface area contributed by atoms with Gasteiger partial charge in [0.2, 0.25) is 5.91 Å². The largest absolute Gasteiger partial charge is 0.341 e. The molecule has 1 saturated heterocycles. The first-order chi connectivity index (χ1) is 11.2. The monoisotopic (exact) mass is 335 g/mol. The van der Waals surface area contributed by atoms with Gasteiger partial charge < -0.3 is 15.5 Å². The quantitative estimate of drug-likeness (QED) is 0.882. The number of likely N-dealkylation sites (tertiary alicyclic amines) is 1. The van der Waals surface area contributed by atoms with Crippen LogP contribution in [-0.4, -0.2) is 46.3 Å². The standard InChI is InChI=1S/C17H29N5O2/c1-12(14-11-22(17(3,4)5)20-13(14)2)19-16(24)18-10-15(23)21-8-6-7-9-21/h11-12H,6-10H2,1-5H3,(H2,18,19,24)/t12-/m0/s1. The van der Waals surface area contributed by atoms with E-state index in [1.54, 1.807) is 4.90 Å². The molecule has 0 spiro atoms. The van der Waals surface area contributed by atoms with Crippen LogP contribution in [0.2, 0.25) is 0 Å². The Balaban J connectivity index is 1.87. The molecule has 24 heavy (non-hydrogen) atoms. The Bertz CT molecular complexity index is 597. The third-order valence-electron chi connectivity index (χ3n) is 4.30. The molecule has 0 radical (unpaired) electrons. The van der Waals surface area contributed by atoms with Crippen molar-refractivity contribution in [3.63, 3.8) is 0 Å². The van der Waals surface area contributed by atoms with E-state index in [1.165, 1.54) is 0 Å². The maximum absolute atomic E-state index is 12.0. The fourth-order valence-electron chi connectivity index (χ4n) is 2.80. The summed E-state index contributed by atoms with van der Waals surface area (Å²) < 4.78 is 1.91. The van der Waals surface area contributed by atoms with E-state index in [4.69, 9.17) is 0 Å². The van der Waals surface area contributed by atoms with Gasteiger partial charge in [0.1, 0.15) is 0 Å². The molecule has 0 bridgehead atoms. The fraction of sp³-hybridized carbons (Fsp3) is 0.706. The van der Waals surface area contributed by atoms with Crippen LogP contribution in [0.3, 0.4) is 0 Å². The molecule has 1 fully saturated rings. The lowest BCUT2D eigenvalue weighted by molar-refractivity contribution is -0.129. The molecular formula is C17H29N5O2.